The minimum absolute atomic E-state index is 0.0274. The summed E-state index contributed by atoms with van der Waals surface area (Å²) in [5.41, 5.74) is 4.58. The largest absolute Gasteiger partial charge is 0.376 e. The Kier molecular flexibility index (Phi) is 5.32. The first-order chi connectivity index (χ1) is 13.1. The average Bonchev–Trinajstić information content (AvgIpc) is 3.18. The number of rotatable bonds is 5. The average molecular weight is 381 g/mol. The number of ether oxygens (including phenoxy) is 1. The molecule has 1 aliphatic heterocycles. The van der Waals surface area contributed by atoms with Crippen LogP contribution in [0.2, 0.25) is 0 Å². The fourth-order valence-electron chi connectivity index (χ4n) is 3.51. The summed E-state index contributed by atoms with van der Waals surface area (Å²) in [5.74, 6) is 0.795. The third-order valence-corrected chi connectivity index (χ3v) is 6.12. The van der Waals surface area contributed by atoms with E-state index < -0.39 is 0 Å². The highest BCUT2D eigenvalue weighted by molar-refractivity contribution is 7.98. The third kappa shape index (κ3) is 3.94. The Labute approximate surface area is 163 Å². The molecule has 0 radical (unpaired) electrons. The van der Waals surface area contributed by atoms with Gasteiger partial charge in [0.1, 0.15) is 0 Å². The Morgan fingerprint density at radius 1 is 1.22 bits per heavy atom. The van der Waals surface area contributed by atoms with Crippen molar-refractivity contribution in [2.75, 3.05) is 6.61 Å². The zero-order chi connectivity index (χ0) is 18.8. The van der Waals surface area contributed by atoms with Gasteiger partial charge in [-0.3, -0.25) is 9.36 Å². The molecule has 3 aromatic rings. The van der Waals surface area contributed by atoms with Crippen LogP contribution in [0.4, 0.5) is 0 Å². The van der Waals surface area contributed by atoms with Crippen molar-refractivity contribution < 1.29 is 4.74 Å². The molecule has 27 heavy (non-hydrogen) atoms. The summed E-state index contributed by atoms with van der Waals surface area (Å²) in [4.78, 5) is 17.9. The molecule has 1 fully saturated rings. The van der Waals surface area contributed by atoms with E-state index in [1.165, 1.54) is 16.7 Å². The van der Waals surface area contributed by atoms with Crippen LogP contribution in [0.1, 0.15) is 29.5 Å². The van der Waals surface area contributed by atoms with Crippen LogP contribution < -0.4 is 5.56 Å². The van der Waals surface area contributed by atoms with Crippen molar-refractivity contribution in [3.63, 3.8) is 0 Å². The highest BCUT2D eigenvalue weighted by atomic mass is 32.2. The molecular weight excluding hydrogens is 356 g/mol. The zero-order valence-corrected chi connectivity index (χ0v) is 16.6. The van der Waals surface area contributed by atoms with Crippen LogP contribution in [0.25, 0.3) is 10.9 Å². The number of thioether (sulfide) groups is 1. The summed E-state index contributed by atoms with van der Waals surface area (Å²) in [6, 6.07) is 14.1. The summed E-state index contributed by atoms with van der Waals surface area (Å²) in [5, 5.41) is 1.45. The predicted molar refractivity (Wildman–Crippen MR) is 110 cm³/mol. The van der Waals surface area contributed by atoms with Gasteiger partial charge in [0.2, 0.25) is 0 Å². The van der Waals surface area contributed by atoms with E-state index in [1.54, 1.807) is 11.8 Å². The van der Waals surface area contributed by atoms with E-state index >= 15 is 0 Å². The molecule has 0 spiro atoms. The first-order valence-corrected chi connectivity index (χ1v) is 10.4. The number of benzene rings is 2. The van der Waals surface area contributed by atoms with E-state index in [0.717, 1.165) is 35.9 Å². The Balaban J connectivity index is 1.70. The molecule has 4 nitrogen and oxygen atoms in total. The van der Waals surface area contributed by atoms with Gasteiger partial charge in [0, 0.05) is 12.4 Å². The minimum Gasteiger partial charge on any atom is -0.376 e. The van der Waals surface area contributed by atoms with Gasteiger partial charge in [-0.05, 0) is 49.9 Å². The highest BCUT2D eigenvalue weighted by Crippen LogP contribution is 2.25. The Bertz CT molecular complexity index is 1020. The first-order valence-electron chi connectivity index (χ1n) is 9.42. The molecular formula is C22H24N2O2S. The van der Waals surface area contributed by atoms with E-state index in [9.17, 15) is 4.79 Å². The molecule has 2 aromatic carbocycles. The second-order valence-corrected chi connectivity index (χ2v) is 8.12. The minimum atomic E-state index is 0.0274. The van der Waals surface area contributed by atoms with E-state index in [4.69, 9.17) is 9.72 Å². The van der Waals surface area contributed by atoms with Crippen LogP contribution in [-0.2, 0) is 17.0 Å². The molecule has 1 saturated heterocycles. The van der Waals surface area contributed by atoms with E-state index in [0.29, 0.717) is 11.9 Å². The lowest BCUT2D eigenvalue weighted by atomic mass is 10.1. The molecule has 4 rings (SSSR count). The Hall–Kier alpha value is -2.11. The van der Waals surface area contributed by atoms with Gasteiger partial charge in [-0.25, -0.2) is 4.98 Å². The van der Waals surface area contributed by atoms with Gasteiger partial charge in [-0.2, -0.15) is 0 Å². The number of para-hydroxylation sites is 1. The highest BCUT2D eigenvalue weighted by Gasteiger charge is 2.20. The fourth-order valence-corrected chi connectivity index (χ4v) is 4.58. The van der Waals surface area contributed by atoms with Crippen LogP contribution >= 0.6 is 11.8 Å². The van der Waals surface area contributed by atoms with Gasteiger partial charge < -0.3 is 4.74 Å². The molecule has 0 unspecified atom stereocenters. The van der Waals surface area contributed by atoms with Crippen LogP contribution in [0.3, 0.4) is 0 Å². The van der Waals surface area contributed by atoms with Crippen molar-refractivity contribution in [2.24, 2.45) is 0 Å². The summed E-state index contributed by atoms with van der Waals surface area (Å²) in [6.45, 7) is 5.59. The third-order valence-electron chi connectivity index (χ3n) is 5.10. The van der Waals surface area contributed by atoms with Crippen molar-refractivity contribution in [2.45, 2.75) is 50.2 Å². The molecule has 0 bridgehead atoms. The SMILES string of the molecule is Cc1ccc(C)c(CSc2nc3ccccc3c(=O)n2C[C@@H]2CCCO2)c1. The second kappa shape index (κ2) is 7.87. The molecule has 140 valence electrons. The van der Waals surface area contributed by atoms with Crippen molar-refractivity contribution in [3.8, 4) is 0 Å². The van der Waals surface area contributed by atoms with Gasteiger partial charge >= 0.3 is 0 Å². The van der Waals surface area contributed by atoms with Crippen LogP contribution in [0.15, 0.2) is 52.4 Å². The summed E-state index contributed by atoms with van der Waals surface area (Å²) in [7, 11) is 0. The van der Waals surface area contributed by atoms with Gasteiger partial charge in [0.25, 0.3) is 5.56 Å². The molecule has 1 aromatic heterocycles. The van der Waals surface area contributed by atoms with E-state index in [-0.39, 0.29) is 11.7 Å². The fraction of sp³-hybridized carbons (Fsp3) is 0.364. The number of hydrogen-bond donors (Lipinski definition) is 0. The van der Waals surface area contributed by atoms with E-state index in [1.807, 2.05) is 28.8 Å². The number of nitrogens with zero attached hydrogens (tertiary/aromatic N) is 2. The number of aryl methyl sites for hydroxylation is 2. The maximum atomic E-state index is 13.1. The maximum Gasteiger partial charge on any atom is 0.262 e. The summed E-state index contributed by atoms with van der Waals surface area (Å²) in [6.07, 6.45) is 2.16. The topological polar surface area (TPSA) is 44.1 Å². The molecule has 0 N–H and O–H groups in total. The lowest BCUT2D eigenvalue weighted by Crippen LogP contribution is -2.28. The van der Waals surface area contributed by atoms with E-state index in [2.05, 4.69) is 32.0 Å². The first kappa shape index (κ1) is 18.3. The smallest absolute Gasteiger partial charge is 0.262 e. The van der Waals surface area contributed by atoms with Crippen molar-refractivity contribution >= 4 is 22.7 Å². The Morgan fingerprint density at radius 3 is 2.89 bits per heavy atom. The molecule has 1 atom stereocenters. The molecule has 5 heteroatoms. The molecule has 1 aliphatic rings. The monoisotopic (exact) mass is 380 g/mol. The van der Waals surface area contributed by atoms with Gasteiger partial charge in [0.15, 0.2) is 5.16 Å². The molecule has 0 aliphatic carbocycles. The van der Waals surface area contributed by atoms with Crippen LogP contribution in [0.5, 0.6) is 0 Å². The standard InChI is InChI=1S/C22H24N2O2S/c1-15-9-10-16(2)17(12-15)14-27-22-23-20-8-4-3-7-19(20)21(25)24(22)13-18-6-5-11-26-18/h3-4,7-10,12,18H,5-6,11,13-14H2,1-2H3/t18-/m0/s1. The van der Waals surface area contributed by atoms with Gasteiger partial charge in [-0.1, -0.05) is 47.7 Å². The number of fused-ring (bicyclic) bond motifs is 1. The zero-order valence-electron chi connectivity index (χ0n) is 15.8. The van der Waals surface area contributed by atoms with Crippen molar-refractivity contribution in [3.05, 3.63) is 69.5 Å². The molecule has 2 heterocycles. The summed E-state index contributed by atoms with van der Waals surface area (Å²) >= 11 is 1.63. The lowest BCUT2D eigenvalue weighted by Gasteiger charge is -2.17. The normalized spacial score (nSPS) is 16.9. The van der Waals surface area contributed by atoms with Gasteiger partial charge in [-0.15, -0.1) is 0 Å². The van der Waals surface area contributed by atoms with Crippen LogP contribution in [0, 0.1) is 13.8 Å². The van der Waals surface area contributed by atoms with Gasteiger partial charge in [0.05, 0.1) is 23.6 Å². The van der Waals surface area contributed by atoms with Crippen LogP contribution in [-0.4, -0.2) is 22.3 Å². The maximum absolute atomic E-state index is 13.1. The number of aromatic nitrogens is 2. The molecule has 0 saturated carbocycles. The number of hydrogen-bond acceptors (Lipinski definition) is 4. The lowest BCUT2D eigenvalue weighted by molar-refractivity contribution is 0.0937. The second-order valence-electron chi connectivity index (χ2n) is 7.18. The predicted octanol–water partition coefficient (Wildman–Crippen LogP) is 4.48. The van der Waals surface area contributed by atoms with Crippen molar-refractivity contribution in [1.82, 2.24) is 9.55 Å². The molecule has 0 amide bonds. The quantitative estimate of drug-likeness (QED) is 0.483. The summed E-state index contributed by atoms with van der Waals surface area (Å²) < 4.78 is 7.59. The Morgan fingerprint density at radius 2 is 2.07 bits per heavy atom. The van der Waals surface area contributed by atoms with Crippen molar-refractivity contribution in [1.29, 1.82) is 0 Å².